The Morgan fingerprint density at radius 2 is 1.89 bits per heavy atom. The van der Waals surface area contributed by atoms with Crippen LogP contribution < -0.4 is 5.73 Å². The summed E-state index contributed by atoms with van der Waals surface area (Å²) in [6.45, 7) is 0. The van der Waals surface area contributed by atoms with Gasteiger partial charge >= 0.3 is 0 Å². The highest BCUT2D eigenvalue weighted by molar-refractivity contribution is 7.91. The molecule has 0 saturated carbocycles. The molecule has 0 radical (unpaired) electrons. The summed E-state index contributed by atoms with van der Waals surface area (Å²) in [5.41, 5.74) is 6.39. The Morgan fingerprint density at radius 1 is 1.28 bits per heavy atom. The van der Waals surface area contributed by atoms with Crippen LogP contribution in [0, 0.1) is 17.6 Å². The molecular formula is C12H15F2NO2S. The number of halogens is 2. The van der Waals surface area contributed by atoms with E-state index in [9.17, 15) is 17.2 Å². The first-order valence-corrected chi connectivity index (χ1v) is 7.59. The van der Waals surface area contributed by atoms with Gasteiger partial charge in [0, 0.05) is 12.1 Å². The smallest absolute Gasteiger partial charge is 0.150 e. The van der Waals surface area contributed by atoms with Crippen molar-refractivity contribution in [1.82, 2.24) is 0 Å². The van der Waals surface area contributed by atoms with Crippen molar-refractivity contribution in [3.05, 3.63) is 35.4 Å². The van der Waals surface area contributed by atoms with Gasteiger partial charge in [0.05, 0.1) is 11.5 Å². The molecule has 2 unspecified atom stereocenters. The third kappa shape index (κ3) is 3.26. The summed E-state index contributed by atoms with van der Waals surface area (Å²) in [5.74, 6) is -1.18. The molecule has 1 aromatic rings. The van der Waals surface area contributed by atoms with E-state index in [2.05, 4.69) is 0 Å². The van der Waals surface area contributed by atoms with E-state index in [1.807, 2.05) is 0 Å². The second kappa shape index (κ2) is 4.93. The van der Waals surface area contributed by atoms with Gasteiger partial charge in [0.25, 0.3) is 0 Å². The van der Waals surface area contributed by atoms with Crippen molar-refractivity contribution in [1.29, 1.82) is 0 Å². The lowest BCUT2D eigenvalue weighted by Crippen LogP contribution is -2.33. The van der Waals surface area contributed by atoms with Crippen LogP contribution in [0.15, 0.2) is 18.2 Å². The van der Waals surface area contributed by atoms with Crippen molar-refractivity contribution in [2.75, 3.05) is 11.5 Å². The van der Waals surface area contributed by atoms with Gasteiger partial charge in [-0.05, 0) is 36.5 Å². The van der Waals surface area contributed by atoms with Gasteiger partial charge in [0.1, 0.15) is 11.6 Å². The van der Waals surface area contributed by atoms with Crippen molar-refractivity contribution in [3.8, 4) is 0 Å². The zero-order valence-electron chi connectivity index (χ0n) is 9.77. The van der Waals surface area contributed by atoms with Gasteiger partial charge in [-0.15, -0.1) is 0 Å². The summed E-state index contributed by atoms with van der Waals surface area (Å²) in [6, 6.07) is 2.87. The normalized spacial score (nSPS) is 24.1. The maximum absolute atomic E-state index is 13.0. The van der Waals surface area contributed by atoms with Crippen LogP contribution >= 0.6 is 0 Å². The monoisotopic (exact) mass is 275 g/mol. The predicted molar refractivity (Wildman–Crippen MR) is 64.8 cm³/mol. The molecule has 2 rings (SSSR count). The van der Waals surface area contributed by atoms with E-state index < -0.39 is 21.5 Å². The molecule has 0 bridgehead atoms. The molecule has 2 N–H and O–H groups in total. The van der Waals surface area contributed by atoms with Crippen molar-refractivity contribution in [3.63, 3.8) is 0 Å². The number of hydrogen-bond donors (Lipinski definition) is 1. The van der Waals surface area contributed by atoms with Crippen LogP contribution in [0.3, 0.4) is 0 Å². The Morgan fingerprint density at radius 3 is 2.39 bits per heavy atom. The van der Waals surface area contributed by atoms with Crippen LogP contribution in [-0.4, -0.2) is 26.0 Å². The molecule has 1 aromatic carbocycles. The minimum atomic E-state index is -2.98. The highest BCUT2D eigenvalue weighted by Gasteiger charge is 2.31. The quantitative estimate of drug-likeness (QED) is 0.903. The van der Waals surface area contributed by atoms with Crippen LogP contribution in [0.2, 0.25) is 0 Å². The van der Waals surface area contributed by atoms with Crippen molar-refractivity contribution in [2.45, 2.75) is 18.9 Å². The Hall–Kier alpha value is -1.01. The Labute approximate surface area is 105 Å². The van der Waals surface area contributed by atoms with Gasteiger partial charge in [-0.3, -0.25) is 0 Å². The lowest BCUT2D eigenvalue weighted by molar-refractivity contribution is 0.459. The molecule has 1 fully saturated rings. The fourth-order valence-corrected chi connectivity index (χ4v) is 4.22. The molecular weight excluding hydrogens is 260 g/mol. The van der Waals surface area contributed by atoms with Crippen LogP contribution in [0.25, 0.3) is 0 Å². The molecule has 1 aliphatic rings. The fourth-order valence-electron chi connectivity index (χ4n) is 2.33. The molecule has 1 heterocycles. The minimum absolute atomic E-state index is 0.0754. The molecule has 2 atom stereocenters. The molecule has 6 heteroatoms. The largest absolute Gasteiger partial charge is 0.327 e. The Kier molecular flexibility index (Phi) is 3.68. The highest BCUT2D eigenvalue weighted by atomic mass is 32.2. The maximum atomic E-state index is 13.0. The molecule has 0 aromatic heterocycles. The topological polar surface area (TPSA) is 60.2 Å². The molecule has 3 nitrogen and oxygen atoms in total. The van der Waals surface area contributed by atoms with Gasteiger partial charge in [-0.2, -0.15) is 0 Å². The van der Waals surface area contributed by atoms with Crippen molar-refractivity contribution >= 4 is 9.84 Å². The third-order valence-corrected chi connectivity index (χ3v) is 5.06. The van der Waals surface area contributed by atoms with Crippen LogP contribution in [-0.2, 0) is 16.3 Å². The molecule has 0 spiro atoms. The summed E-state index contributed by atoms with van der Waals surface area (Å²) >= 11 is 0. The minimum Gasteiger partial charge on any atom is -0.327 e. The molecule has 18 heavy (non-hydrogen) atoms. The standard InChI is InChI=1S/C12H15F2NO2S/c13-10-3-8(4-11(14)6-10)5-12(15)9-1-2-18(16,17)7-9/h3-4,6,9,12H,1-2,5,7,15H2. The Balaban J connectivity index is 2.05. The summed E-state index contributed by atoms with van der Waals surface area (Å²) < 4.78 is 48.7. The predicted octanol–water partition coefficient (Wildman–Crippen LogP) is 1.27. The lowest BCUT2D eigenvalue weighted by atomic mass is 9.94. The van der Waals surface area contributed by atoms with E-state index >= 15 is 0 Å². The van der Waals surface area contributed by atoms with Gasteiger partial charge in [0.15, 0.2) is 9.84 Å². The maximum Gasteiger partial charge on any atom is 0.150 e. The first-order valence-electron chi connectivity index (χ1n) is 5.77. The average molecular weight is 275 g/mol. The number of nitrogens with two attached hydrogens (primary N) is 1. The summed E-state index contributed by atoms with van der Waals surface area (Å²) in [6.07, 6.45) is 0.816. The first kappa shape index (κ1) is 13.4. The van der Waals surface area contributed by atoms with Gasteiger partial charge in [-0.25, -0.2) is 17.2 Å². The molecule has 0 aliphatic carbocycles. The van der Waals surface area contributed by atoms with E-state index in [4.69, 9.17) is 5.73 Å². The summed E-state index contributed by atoms with van der Waals surface area (Å²) in [5, 5.41) is 0. The molecule has 1 saturated heterocycles. The zero-order valence-corrected chi connectivity index (χ0v) is 10.6. The van der Waals surface area contributed by atoms with Crippen molar-refractivity contribution < 1.29 is 17.2 Å². The van der Waals surface area contributed by atoms with E-state index in [0.29, 0.717) is 12.0 Å². The number of hydrogen-bond acceptors (Lipinski definition) is 3. The first-order chi connectivity index (χ1) is 8.35. The van der Waals surface area contributed by atoms with E-state index in [1.54, 1.807) is 0 Å². The molecule has 1 aliphatic heterocycles. The fraction of sp³-hybridized carbons (Fsp3) is 0.500. The molecule has 100 valence electrons. The zero-order chi connectivity index (χ0) is 13.3. The second-order valence-electron chi connectivity index (χ2n) is 4.81. The van der Waals surface area contributed by atoms with E-state index in [0.717, 1.165) is 6.07 Å². The summed E-state index contributed by atoms with van der Waals surface area (Å²) in [4.78, 5) is 0. The van der Waals surface area contributed by atoms with Gasteiger partial charge in [-0.1, -0.05) is 0 Å². The van der Waals surface area contributed by atoms with Crippen LogP contribution in [0.4, 0.5) is 8.78 Å². The van der Waals surface area contributed by atoms with E-state index in [1.165, 1.54) is 12.1 Å². The average Bonchev–Trinajstić information content (AvgIpc) is 2.57. The number of rotatable bonds is 3. The van der Waals surface area contributed by atoms with Crippen LogP contribution in [0.5, 0.6) is 0 Å². The Bertz CT molecular complexity index is 525. The number of sulfone groups is 1. The second-order valence-corrected chi connectivity index (χ2v) is 7.04. The van der Waals surface area contributed by atoms with Crippen LogP contribution in [0.1, 0.15) is 12.0 Å². The molecule has 0 amide bonds. The summed E-state index contributed by atoms with van der Waals surface area (Å²) in [7, 11) is -2.98. The van der Waals surface area contributed by atoms with Crippen molar-refractivity contribution in [2.24, 2.45) is 11.7 Å². The third-order valence-electron chi connectivity index (χ3n) is 3.27. The van der Waals surface area contributed by atoms with Gasteiger partial charge < -0.3 is 5.73 Å². The van der Waals surface area contributed by atoms with Gasteiger partial charge in [0.2, 0.25) is 0 Å². The highest BCUT2D eigenvalue weighted by Crippen LogP contribution is 2.23. The number of benzene rings is 1. The lowest BCUT2D eigenvalue weighted by Gasteiger charge is -2.17. The SMILES string of the molecule is NC(Cc1cc(F)cc(F)c1)C1CCS(=O)(=O)C1. The van der Waals surface area contributed by atoms with E-state index in [-0.39, 0.29) is 29.9 Å².